The lowest BCUT2D eigenvalue weighted by molar-refractivity contribution is 0.321. The van der Waals surface area contributed by atoms with Crippen LogP contribution < -0.4 is 11.1 Å². The van der Waals surface area contributed by atoms with Crippen LogP contribution >= 0.6 is 0 Å². The van der Waals surface area contributed by atoms with Crippen molar-refractivity contribution in [3.05, 3.63) is 0 Å². The molecule has 2 heteroatoms. The average Bonchev–Trinajstić information content (AvgIpc) is 2.62. The summed E-state index contributed by atoms with van der Waals surface area (Å²) in [6.45, 7) is 3.39. The molecule has 1 saturated carbocycles. The summed E-state index contributed by atoms with van der Waals surface area (Å²) in [5.74, 6) is 0.829. The monoisotopic (exact) mass is 154 g/mol. The number of nitrogens with one attached hydrogen (secondary N) is 1. The molecule has 2 nitrogen and oxygen atoms in total. The van der Waals surface area contributed by atoms with E-state index in [2.05, 4.69) is 5.32 Å². The van der Waals surface area contributed by atoms with Gasteiger partial charge < -0.3 is 11.1 Å². The van der Waals surface area contributed by atoms with Gasteiger partial charge in [0.15, 0.2) is 0 Å². The molecular weight excluding hydrogens is 136 g/mol. The molecule has 2 rings (SSSR count). The molecule has 2 unspecified atom stereocenters. The van der Waals surface area contributed by atoms with Gasteiger partial charge in [0.2, 0.25) is 0 Å². The maximum Gasteiger partial charge on any atom is 0.000840 e. The molecule has 1 saturated heterocycles. The lowest BCUT2D eigenvalue weighted by Gasteiger charge is -2.21. The van der Waals surface area contributed by atoms with Gasteiger partial charge in [-0.25, -0.2) is 0 Å². The lowest BCUT2D eigenvalue weighted by Crippen LogP contribution is -2.21. The van der Waals surface area contributed by atoms with Crippen molar-refractivity contribution < 1.29 is 0 Å². The largest absolute Gasteiger partial charge is 0.330 e. The van der Waals surface area contributed by atoms with Gasteiger partial charge in [-0.15, -0.1) is 0 Å². The lowest BCUT2D eigenvalue weighted by atomic mass is 9.84. The molecule has 64 valence electrons. The van der Waals surface area contributed by atoms with Gasteiger partial charge >= 0.3 is 0 Å². The molecule has 0 amide bonds. The van der Waals surface area contributed by atoms with Gasteiger partial charge in [0.25, 0.3) is 0 Å². The van der Waals surface area contributed by atoms with Gasteiger partial charge in [0.1, 0.15) is 0 Å². The van der Waals surface area contributed by atoms with E-state index in [1.165, 1.54) is 38.8 Å². The summed E-state index contributed by atoms with van der Waals surface area (Å²) in [5.41, 5.74) is 6.33. The Bertz CT molecular complexity index is 138. The minimum Gasteiger partial charge on any atom is -0.330 e. The van der Waals surface area contributed by atoms with E-state index in [1.54, 1.807) is 0 Å². The minimum absolute atomic E-state index is 0.671. The summed E-state index contributed by atoms with van der Waals surface area (Å²) in [5, 5.41) is 3.46. The van der Waals surface area contributed by atoms with E-state index in [4.69, 9.17) is 5.73 Å². The van der Waals surface area contributed by atoms with Crippen LogP contribution in [0.15, 0.2) is 0 Å². The molecule has 1 aliphatic heterocycles. The average molecular weight is 154 g/mol. The van der Waals surface area contributed by atoms with Crippen LogP contribution in [0.2, 0.25) is 0 Å². The molecule has 0 aromatic carbocycles. The second kappa shape index (κ2) is 2.76. The molecule has 0 bridgehead atoms. The molecule has 3 N–H and O–H groups in total. The Hall–Kier alpha value is -0.0800. The second-order valence-electron chi connectivity index (χ2n) is 4.27. The van der Waals surface area contributed by atoms with Crippen molar-refractivity contribution in [3.8, 4) is 0 Å². The van der Waals surface area contributed by atoms with Crippen molar-refractivity contribution in [3.63, 3.8) is 0 Å². The van der Waals surface area contributed by atoms with Gasteiger partial charge in [0, 0.05) is 6.54 Å². The molecule has 0 aromatic rings. The van der Waals surface area contributed by atoms with Gasteiger partial charge in [-0.05, 0) is 50.1 Å². The first-order chi connectivity index (χ1) is 5.35. The molecule has 0 radical (unpaired) electrons. The SMILES string of the molecule is NCC1CCC2(CCNC2)C1. The zero-order valence-electron chi connectivity index (χ0n) is 7.10. The van der Waals surface area contributed by atoms with Crippen molar-refractivity contribution in [2.45, 2.75) is 25.7 Å². The molecule has 1 aliphatic carbocycles. The van der Waals surface area contributed by atoms with Crippen LogP contribution in [0.5, 0.6) is 0 Å². The smallest absolute Gasteiger partial charge is 0.000840 e. The summed E-state index contributed by atoms with van der Waals surface area (Å²) in [4.78, 5) is 0. The highest BCUT2D eigenvalue weighted by molar-refractivity contribution is 4.94. The molecule has 2 aliphatic rings. The van der Waals surface area contributed by atoms with Gasteiger partial charge in [-0.1, -0.05) is 0 Å². The van der Waals surface area contributed by atoms with Crippen LogP contribution in [0, 0.1) is 11.3 Å². The molecule has 1 spiro atoms. The first-order valence-electron chi connectivity index (χ1n) is 4.75. The maximum absolute atomic E-state index is 5.66. The molecule has 1 heterocycles. The topological polar surface area (TPSA) is 38.0 Å². The zero-order chi connectivity index (χ0) is 7.73. The fourth-order valence-electron chi connectivity index (χ4n) is 2.71. The zero-order valence-corrected chi connectivity index (χ0v) is 7.10. The normalized spacial score (nSPS) is 43.9. The van der Waals surface area contributed by atoms with Gasteiger partial charge in [-0.3, -0.25) is 0 Å². The van der Waals surface area contributed by atoms with Crippen molar-refractivity contribution in [1.29, 1.82) is 0 Å². The van der Waals surface area contributed by atoms with Crippen molar-refractivity contribution >= 4 is 0 Å². The highest BCUT2D eigenvalue weighted by Gasteiger charge is 2.40. The molecule has 11 heavy (non-hydrogen) atoms. The van der Waals surface area contributed by atoms with Crippen molar-refractivity contribution in [2.24, 2.45) is 17.1 Å². The first kappa shape index (κ1) is 7.56. The number of rotatable bonds is 1. The van der Waals surface area contributed by atoms with Gasteiger partial charge in [-0.2, -0.15) is 0 Å². The number of hydrogen-bond acceptors (Lipinski definition) is 2. The fourth-order valence-corrected chi connectivity index (χ4v) is 2.71. The summed E-state index contributed by atoms with van der Waals surface area (Å²) >= 11 is 0. The van der Waals surface area contributed by atoms with E-state index in [-0.39, 0.29) is 0 Å². The van der Waals surface area contributed by atoms with Crippen LogP contribution in [0.3, 0.4) is 0 Å². The van der Waals surface area contributed by atoms with E-state index < -0.39 is 0 Å². The summed E-state index contributed by atoms with van der Waals surface area (Å²) in [7, 11) is 0. The Morgan fingerprint density at radius 2 is 2.36 bits per heavy atom. The molecular formula is C9H18N2. The maximum atomic E-state index is 5.66. The summed E-state index contributed by atoms with van der Waals surface area (Å²) in [6.07, 6.45) is 5.57. The fraction of sp³-hybridized carbons (Fsp3) is 1.00. The van der Waals surface area contributed by atoms with Crippen LogP contribution in [0.25, 0.3) is 0 Å². The third kappa shape index (κ3) is 1.30. The third-order valence-electron chi connectivity index (χ3n) is 3.47. The van der Waals surface area contributed by atoms with E-state index >= 15 is 0 Å². The highest BCUT2D eigenvalue weighted by atomic mass is 14.9. The van der Waals surface area contributed by atoms with E-state index in [9.17, 15) is 0 Å². The van der Waals surface area contributed by atoms with Crippen LogP contribution in [0.4, 0.5) is 0 Å². The first-order valence-corrected chi connectivity index (χ1v) is 4.75. The minimum atomic E-state index is 0.671. The van der Waals surface area contributed by atoms with Crippen LogP contribution in [0.1, 0.15) is 25.7 Å². The Morgan fingerprint density at radius 3 is 2.91 bits per heavy atom. The van der Waals surface area contributed by atoms with Gasteiger partial charge in [0.05, 0.1) is 0 Å². The Balaban J connectivity index is 1.96. The quantitative estimate of drug-likeness (QED) is 0.584. The van der Waals surface area contributed by atoms with Crippen LogP contribution in [-0.2, 0) is 0 Å². The standard InChI is InChI=1S/C9H18N2/c10-6-8-1-2-9(5-8)3-4-11-7-9/h8,11H,1-7,10H2. The third-order valence-corrected chi connectivity index (χ3v) is 3.47. The molecule has 2 fully saturated rings. The van der Waals surface area contributed by atoms with E-state index in [0.717, 1.165) is 12.5 Å². The second-order valence-corrected chi connectivity index (χ2v) is 4.27. The van der Waals surface area contributed by atoms with Crippen LogP contribution in [-0.4, -0.2) is 19.6 Å². The number of hydrogen-bond donors (Lipinski definition) is 2. The van der Waals surface area contributed by atoms with Crippen molar-refractivity contribution in [2.75, 3.05) is 19.6 Å². The summed E-state index contributed by atoms with van der Waals surface area (Å²) in [6, 6.07) is 0. The predicted molar refractivity (Wildman–Crippen MR) is 46.3 cm³/mol. The Kier molecular flexibility index (Phi) is 1.90. The predicted octanol–water partition coefficient (Wildman–Crippen LogP) is 0.725. The Morgan fingerprint density at radius 1 is 1.45 bits per heavy atom. The molecule has 2 atom stereocenters. The van der Waals surface area contributed by atoms with Crippen molar-refractivity contribution in [1.82, 2.24) is 5.32 Å². The highest BCUT2D eigenvalue weighted by Crippen LogP contribution is 2.45. The Labute approximate surface area is 68.5 Å². The van der Waals surface area contributed by atoms with E-state index in [0.29, 0.717) is 5.41 Å². The molecule has 0 aromatic heterocycles. The number of nitrogens with two attached hydrogens (primary N) is 1. The van der Waals surface area contributed by atoms with E-state index in [1.807, 2.05) is 0 Å². The summed E-state index contributed by atoms with van der Waals surface area (Å²) < 4.78 is 0.